The number of carbonyl (C=O) groups excluding carboxylic acids is 1. The van der Waals surface area contributed by atoms with E-state index < -0.39 is 35.1 Å². The third-order valence-electron chi connectivity index (χ3n) is 4.92. The van der Waals surface area contributed by atoms with Gasteiger partial charge in [0, 0.05) is 18.0 Å². The summed E-state index contributed by atoms with van der Waals surface area (Å²) in [6.45, 7) is 1.37. The number of nitrogens with one attached hydrogen (secondary N) is 1. The fourth-order valence-electron chi connectivity index (χ4n) is 3.24. The minimum absolute atomic E-state index is 0.0283. The Kier molecular flexibility index (Phi) is 5.67. The second-order valence-electron chi connectivity index (χ2n) is 7.18. The minimum atomic E-state index is -5.07. The summed E-state index contributed by atoms with van der Waals surface area (Å²) < 4.78 is 85.5. The van der Waals surface area contributed by atoms with E-state index in [2.05, 4.69) is 15.4 Å². The van der Waals surface area contributed by atoms with Crippen LogP contribution < -0.4 is 5.32 Å². The zero-order valence-corrected chi connectivity index (χ0v) is 17.2. The summed E-state index contributed by atoms with van der Waals surface area (Å²) in [7, 11) is 0. The van der Waals surface area contributed by atoms with Crippen LogP contribution in [0.5, 0.6) is 0 Å². The molecule has 3 heterocycles. The Morgan fingerprint density at radius 3 is 2.41 bits per heavy atom. The number of hydrogen-bond acceptors (Lipinski definition) is 4. The summed E-state index contributed by atoms with van der Waals surface area (Å²) in [6, 6.07) is 6.11. The number of carbonyl (C=O) groups is 1. The zero-order valence-electron chi connectivity index (χ0n) is 17.2. The normalized spacial score (nSPS) is 12.1. The van der Waals surface area contributed by atoms with Crippen LogP contribution in [0.3, 0.4) is 0 Å². The van der Waals surface area contributed by atoms with Gasteiger partial charge in [0.05, 0.1) is 46.2 Å². The number of benzene rings is 1. The zero-order chi connectivity index (χ0) is 24.7. The topological polar surface area (TPSA) is 73.0 Å². The number of hydrogen-bond donors (Lipinski definition) is 1. The molecule has 12 heteroatoms. The van der Waals surface area contributed by atoms with E-state index in [9.17, 15) is 31.1 Å². The van der Waals surface area contributed by atoms with Crippen LogP contribution in [0.2, 0.25) is 0 Å². The number of halogens is 6. The number of pyridine rings is 1. The summed E-state index contributed by atoms with van der Waals surface area (Å²) in [5.74, 6) is -0.139. The van der Waals surface area contributed by atoms with E-state index in [1.165, 1.54) is 31.6 Å². The van der Waals surface area contributed by atoms with E-state index in [0.717, 1.165) is 10.9 Å². The molecular formula is C22H14F6N4O2. The van der Waals surface area contributed by atoms with E-state index >= 15 is 0 Å². The Balaban J connectivity index is 1.66. The molecule has 0 bridgehead atoms. The van der Waals surface area contributed by atoms with Crippen molar-refractivity contribution >= 4 is 11.6 Å². The molecule has 0 saturated carbocycles. The molecule has 4 aromatic rings. The lowest BCUT2D eigenvalue weighted by Crippen LogP contribution is -2.16. The van der Waals surface area contributed by atoms with E-state index in [0.29, 0.717) is 23.5 Å². The first-order valence-corrected chi connectivity index (χ1v) is 9.59. The van der Waals surface area contributed by atoms with Gasteiger partial charge in [-0.05, 0) is 43.3 Å². The highest BCUT2D eigenvalue weighted by atomic mass is 19.4. The SMILES string of the molecule is Cc1c(NC(=O)c2cncc(-c3ccco3)c2)cnn1-c1ccc(C(F)(F)F)cc1C(F)(F)F. The maximum absolute atomic E-state index is 13.5. The van der Waals surface area contributed by atoms with Gasteiger partial charge in [-0.2, -0.15) is 31.4 Å². The van der Waals surface area contributed by atoms with Gasteiger partial charge < -0.3 is 9.73 Å². The summed E-state index contributed by atoms with van der Waals surface area (Å²) in [5, 5.41) is 6.38. The third-order valence-corrected chi connectivity index (χ3v) is 4.92. The van der Waals surface area contributed by atoms with Crippen molar-refractivity contribution in [2.24, 2.45) is 0 Å². The third kappa shape index (κ3) is 4.51. The monoisotopic (exact) mass is 480 g/mol. The van der Waals surface area contributed by atoms with Gasteiger partial charge in [0.2, 0.25) is 0 Å². The standard InChI is InChI=1S/C22H14F6N4O2/c1-12-17(31-20(33)14-7-13(9-29-10-14)19-3-2-6-34-19)11-30-32(12)18-5-4-15(21(23,24)25)8-16(18)22(26,27)28/h2-11H,1H3,(H,31,33). The quantitative estimate of drug-likeness (QED) is 0.357. The largest absolute Gasteiger partial charge is 0.464 e. The van der Waals surface area contributed by atoms with Crippen LogP contribution in [0.4, 0.5) is 32.0 Å². The van der Waals surface area contributed by atoms with Crippen LogP contribution in [0.1, 0.15) is 27.2 Å². The molecule has 1 amide bonds. The van der Waals surface area contributed by atoms with E-state index in [4.69, 9.17) is 4.42 Å². The van der Waals surface area contributed by atoms with E-state index in [1.54, 1.807) is 12.1 Å². The predicted octanol–water partition coefficient (Wildman–Crippen LogP) is 6.13. The van der Waals surface area contributed by atoms with Crippen molar-refractivity contribution < 1.29 is 35.6 Å². The number of rotatable bonds is 4. The van der Waals surface area contributed by atoms with Gasteiger partial charge in [0.15, 0.2) is 0 Å². The molecule has 0 unspecified atom stereocenters. The first kappa shape index (κ1) is 23.1. The molecular weight excluding hydrogens is 466 g/mol. The molecule has 3 aromatic heterocycles. The molecule has 0 aliphatic rings. The Morgan fingerprint density at radius 1 is 1.00 bits per heavy atom. The molecule has 0 saturated heterocycles. The number of alkyl halides is 6. The first-order chi connectivity index (χ1) is 15.9. The van der Waals surface area contributed by atoms with Crippen LogP contribution in [0.25, 0.3) is 17.0 Å². The van der Waals surface area contributed by atoms with Gasteiger partial charge >= 0.3 is 12.4 Å². The fourth-order valence-corrected chi connectivity index (χ4v) is 3.24. The number of nitrogens with zero attached hydrogens (tertiary/aromatic N) is 3. The maximum Gasteiger partial charge on any atom is 0.418 e. The lowest BCUT2D eigenvalue weighted by Gasteiger charge is -2.17. The summed E-state index contributed by atoms with van der Waals surface area (Å²) >= 11 is 0. The first-order valence-electron chi connectivity index (χ1n) is 9.59. The highest BCUT2D eigenvalue weighted by Crippen LogP contribution is 2.39. The summed E-state index contributed by atoms with van der Waals surface area (Å²) in [6.07, 6.45) is -4.68. The van der Waals surface area contributed by atoms with Gasteiger partial charge in [0.25, 0.3) is 5.91 Å². The smallest absolute Gasteiger partial charge is 0.418 e. The Labute approximate surface area is 187 Å². The predicted molar refractivity (Wildman–Crippen MR) is 108 cm³/mol. The second-order valence-corrected chi connectivity index (χ2v) is 7.18. The molecule has 0 aliphatic heterocycles. The van der Waals surface area contributed by atoms with Crippen molar-refractivity contribution in [3.05, 3.63) is 83.6 Å². The van der Waals surface area contributed by atoms with Crippen LogP contribution in [-0.4, -0.2) is 20.7 Å². The van der Waals surface area contributed by atoms with Crippen LogP contribution in [0.15, 0.2) is 65.7 Å². The van der Waals surface area contributed by atoms with Crippen LogP contribution >= 0.6 is 0 Å². The second kappa shape index (κ2) is 8.36. The van der Waals surface area contributed by atoms with E-state index in [-0.39, 0.29) is 23.0 Å². The molecule has 0 atom stereocenters. The van der Waals surface area contributed by atoms with Crippen molar-refractivity contribution in [2.45, 2.75) is 19.3 Å². The molecule has 0 radical (unpaired) electrons. The fraction of sp³-hybridized carbons (Fsp3) is 0.136. The molecule has 0 fully saturated rings. The molecule has 4 rings (SSSR count). The highest BCUT2D eigenvalue weighted by Gasteiger charge is 2.39. The summed E-state index contributed by atoms with van der Waals surface area (Å²) in [4.78, 5) is 16.7. The molecule has 1 aromatic carbocycles. The minimum Gasteiger partial charge on any atom is -0.464 e. The van der Waals surface area contributed by atoms with E-state index in [1.807, 2.05) is 0 Å². The molecule has 0 aliphatic carbocycles. The van der Waals surface area contributed by atoms with Gasteiger partial charge in [0.1, 0.15) is 5.76 Å². The van der Waals surface area contributed by atoms with Crippen molar-refractivity contribution in [1.82, 2.24) is 14.8 Å². The van der Waals surface area contributed by atoms with Crippen molar-refractivity contribution in [2.75, 3.05) is 5.32 Å². The molecule has 34 heavy (non-hydrogen) atoms. The molecule has 1 N–H and O–H groups in total. The van der Waals surface area contributed by atoms with Gasteiger partial charge in [-0.25, -0.2) is 4.68 Å². The van der Waals surface area contributed by atoms with Crippen LogP contribution in [-0.2, 0) is 12.4 Å². The number of amides is 1. The average Bonchev–Trinajstić information content (AvgIpc) is 3.43. The van der Waals surface area contributed by atoms with Crippen LogP contribution in [0, 0.1) is 6.92 Å². The number of aromatic nitrogens is 3. The Bertz CT molecular complexity index is 1340. The van der Waals surface area contributed by atoms with Gasteiger partial charge in [-0.15, -0.1) is 0 Å². The van der Waals surface area contributed by atoms with Gasteiger partial charge in [-0.1, -0.05) is 0 Å². The van der Waals surface area contributed by atoms with Crippen molar-refractivity contribution in [3.8, 4) is 17.0 Å². The Morgan fingerprint density at radius 2 is 1.76 bits per heavy atom. The molecule has 176 valence electrons. The lowest BCUT2D eigenvalue weighted by atomic mass is 10.1. The maximum atomic E-state index is 13.5. The van der Waals surface area contributed by atoms with Crippen molar-refractivity contribution in [3.63, 3.8) is 0 Å². The lowest BCUT2D eigenvalue weighted by molar-refractivity contribution is -0.143. The number of anilines is 1. The average molecular weight is 480 g/mol. The Hall–Kier alpha value is -4.09. The number of furan rings is 1. The van der Waals surface area contributed by atoms with Crippen molar-refractivity contribution in [1.29, 1.82) is 0 Å². The molecule has 0 spiro atoms. The summed E-state index contributed by atoms with van der Waals surface area (Å²) in [5.41, 5.74) is -2.74. The highest BCUT2D eigenvalue weighted by molar-refractivity contribution is 6.04. The molecule has 6 nitrogen and oxygen atoms in total. The van der Waals surface area contributed by atoms with Gasteiger partial charge in [-0.3, -0.25) is 9.78 Å².